The fourth-order valence-electron chi connectivity index (χ4n) is 3.41. The second kappa shape index (κ2) is 11.6. The maximum atomic E-state index is 12.9. The van der Waals surface area contributed by atoms with Gasteiger partial charge in [0.15, 0.2) is 0 Å². The number of aromatic hydroxyl groups is 1. The van der Waals surface area contributed by atoms with E-state index in [0.29, 0.717) is 42.9 Å². The Labute approximate surface area is 196 Å². The van der Waals surface area contributed by atoms with Crippen LogP contribution >= 0.6 is 0 Å². The Kier molecular flexibility index (Phi) is 9.17. The first-order chi connectivity index (χ1) is 16.0. The number of benzene rings is 2. The van der Waals surface area contributed by atoms with Crippen molar-refractivity contribution in [3.8, 4) is 17.2 Å². The topological polar surface area (TPSA) is 92.1 Å². The molecule has 0 amide bonds. The van der Waals surface area contributed by atoms with Crippen molar-refractivity contribution in [1.29, 1.82) is 5.41 Å². The lowest BCUT2D eigenvalue weighted by Gasteiger charge is -2.21. The second-order valence-corrected chi connectivity index (χ2v) is 7.56. The summed E-state index contributed by atoms with van der Waals surface area (Å²) in [5.74, 6) is -0.389. The number of ether oxygens (including phenoxy) is 3. The highest BCUT2D eigenvalue weighted by Crippen LogP contribution is 2.36. The van der Waals surface area contributed by atoms with Gasteiger partial charge in [0.05, 0.1) is 20.8 Å². The van der Waals surface area contributed by atoms with Crippen LogP contribution in [-0.2, 0) is 11.2 Å². The molecule has 2 rings (SSSR count). The van der Waals surface area contributed by atoms with Gasteiger partial charge in [-0.05, 0) is 37.1 Å². The van der Waals surface area contributed by atoms with Gasteiger partial charge >= 0.3 is 12.1 Å². The van der Waals surface area contributed by atoms with Gasteiger partial charge in [-0.2, -0.15) is 13.2 Å². The van der Waals surface area contributed by atoms with Crippen LogP contribution in [0.3, 0.4) is 0 Å². The van der Waals surface area contributed by atoms with Crippen LogP contribution in [0.1, 0.15) is 41.3 Å². The first-order valence-electron chi connectivity index (χ1n) is 10.7. The number of carbonyl (C=O) groups excluding carboxylic acids is 1. The number of methoxy groups -OCH3 is 2. The molecule has 0 saturated carbocycles. The number of phenolic OH excluding ortho intramolecular Hbond substituents is 1. The molecule has 0 atom stereocenters. The van der Waals surface area contributed by atoms with Crippen molar-refractivity contribution < 1.29 is 37.3 Å². The van der Waals surface area contributed by atoms with E-state index in [9.17, 15) is 23.1 Å². The standard InChI is InChI=1S/C24H29F3N2O5/c1-5-7-16-19(11-10-18(21(16)30)22(28)24(25,26)27)34-13-6-12-29(2)15-8-9-17(23(31)33-4)20(14-15)32-3/h8-11,14,28,30H,5-7,12-13H2,1-4H3. The van der Waals surface area contributed by atoms with Gasteiger partial charge in [0, 0.05) is 36.5 Å². The minimum atomic E-state index is -4.86. The van der Waals surface area contributed by atoms with E-state index in [4.69, 9.17) is 19.6 Å². The van der Waals surface area contributed by atoms with Gasteiger partial charge in [0.1, 0.15) is 28.5 Å². The molecule has 7 nitrogen and oxygen atoms in total. The third kappa shape index (κ3) is 6.33. The van der Waals surface area contributed by atoms with Crippen LogP contribution in [0.5, 0.6) is 17.2 Å². The predicted molar refractivity (Wildman–Crippen MR) is 123 cm³/mol. The number of anilines is 1. The van der Waals surface area contributed by atoms with E-state index < -0.39 is 29.2 Å². The summed E-state index contributed by atoms with van der Waals surface area (Å²) in [7, 11) is 4.62. The monoisotopic (exact) mass is 482 g/mol. The number of hydrogen-bond acceptors (Lipinski definition) is 7. The maximum Gasteiger partial charge on any atom is 0.433 e. The minimum Gasteiger partial charge on any atom is -0.507 e. The third-order valence-corrected chi connectivity index (χ3v) is 5.22. The quantitative estimate of drug-likeness (QED) is 0.267. The summed E-state index contributed by atoms with van der Waals surface area (Å²) in [4.78, 5) is 13.7. The predicted octanol–water partition coefficient (Wildman–Crippen LogP) is 4.98. The third-order valence-electron chi connectivity index (χ3n) is 5.22. The molecule has 0 aliphatic heterocycles. The van der Waals surface area contributed by atoms with Crippen LogP contribution in [0, 0.1) is 5.41 Å². The first kappa shape index (κ1) is 26.8. The van der Waals surface area contributed by atoms with Gasteiger partial charge in [-0.15, -0.1) is 0 Å². The smallest absolute Gasteiger partial charge is 0.433 e. The normalized spacial score (nSPS) is 11.1. The van der Waals surface area contributed by atoms with Gasteiger partial charge in [-0.1, -0.05) is 13.3 Å². The Morgan fingerprint density at radius 2 is 1.79 bits per heavy atom. The van der Waals surface area contributed by atoms with Gasteiger partial charge < -0.3 is 24.2 Å². The number of phenols is 1. The number of esters is 1. The molecule has 0 fully saturated rings. The summed E-state index contributed by atoms with van der Waals surface area (Å²) >= 11 is 0. The number of alkyl halides is 3. The van der Waals surface area contributed by atoms with Crippen molar-refractivity contribution in [1.82, 2.24) is 0 Å². The molecule has 186 valence electrons. The number of carbonyl (C=O) groups is 1. The number of hydrogen-bond donors (Lipinski definition) is 2. The van der Waals surface area contributed by atoms with Crippen LogP contribution in [0.2, 0.25) is 0 Å². The molecule has 10 heteroatoms. The summed E-state index contributed by atoms with van der Waals surface area (Å²) in [5.41, 5.74) is -0.776. The number of rotatable bonds is 11. The summed E-state index contributed by atoms with van der Waals surface area (Å²) in [6.45, 7) is 2.67. The van der Waals surface area contributed by atoms with Gasteiger partial charge in [0.25, 0.3) is 0 Å². The molecule has 0 spiro atoms. The molecule has 0 aliphatic rings. The zero-order chi connectivity index (χ0) is 25.5. The molecule has 0 unspecified atom stereocenters. The van der Waals surface area contributed by atoms with Crippen molar-refractivity contribution in [2.24, 2.45) is 0 Å². The number of nitrogens with zero attached hydrogens (tertiary/aromatic N) is 1. The fraction of sp³-hybridized carbons (Fsp3) is 0.417. The first-order valence-corrected chi connectivity index (χ1v) is 10.7. The van der Waals surface area contributed by atoms with Crippen molar-refractivity contribution in [2.75, 3.05) is 39.3 Å². The molecule has 0 aliphatic carbocycles. The number of nitrogens with one attached hydrogen (secondary N) is 1. The second-order valence-electron chi connectivity index (χ2n) is 7.56. The highest BCUT2D eigenvalue weighted by molar-refractivity contribution is 6.04. The molecule has 0 radical (unpaired) electrons. The summed E-state index contributed by atoms with van der Waals surface area (Å²) in [6.07, 6.45) is -3.39. The fourth-order valence-corrected chi connectivity index (χ4v) is 3.41. The Morgan fingerprint density at radius 1 is 1.12 bits per heavy atom. The minimum absolute atomic E-state index is 0.255. The molecule has 0 heterocycles. The highest BCUT2D eigenvalue weighted by atomic mass is 19.4. The molecular weight excluding hydrogens is 453 g/mol. The summed E-state index contributed by atoms with van der Waals surface area (Å²) in [6, 6.07) is 7.52. The molecule has 0 aromatic heterocycles. The molecule has 0 saturated heterocycles. The average Bonchev–Trinajstić information content (AvgIpc) is 2.81. The van der Waals surface area contributed by atoms with E-state index >= 15 is 0 Å². The molecule has 34 heavy (non-hydrogen) atoms. The van der Waals surface area contributed by atoms with Crippen molar-refractivity contribution in [3.63, 3.8) is 0 Å². The van der Waals surface area contributed by atoms with Gasteiger partial charge in [-0.25, -0.2) is 4.79 Å². The average molecular weight is 482 g/mol. The van der Waals surface area contributed by atoms with Gasteiger partial charge in [-0.3, -0.25) is 5.41 Å². The Morgan fingerprint density at radius 3 is 2.38 bits per heavy atom. The van der Waals surface area contributed by atoms with E-state index in [2.05, 4.69) is 0 Å². The van der Waals surface area contributed by atoms with Crippen LogP contribution in [-0.4, -0.2) is 57.4 Å². The largest absolute Gasteiger partial charge is 0.507 e. The van der Waals surface area contributed by atoms with Crippen LogP contribution in [0.15, 0.2) is 30.3 Å². The molecular formula is C24H29F3N2O5. The highest BCUT2D eigenvalue weighted by Gasteiger charge is 2.37. The van der Waals surface area contributed by atoms with Gasteiger partial charge in [0.2, 0.25) is 0 Å². The zero-order valence-electron chi connectivity index (χ0n) is 19.6. The lowest BCUT2D eigenvalue weighted by atomic mass is 10.00. The van der Waals surface area contributed by atoms with E-state index in [1.807, 2.05) is 18.9 Å². The van der Waals surface area contributed by atoms with E-state index in [0.717, 1.165) is 11.8 Å². The molecule has 2 N–H and O–H groups in total. The van der Waals surface area contributed by atoms with E-state index in [-0.39, 0.29) is 12.2 Å². The lowest BCUT2D eigenvalue weighted by molar-refractivity contribution is -0.0588. The lowest BCUT2D eigenvalue weighted by Crippen LogP contribution is -2.23. The summed E-state index contributed by atoms with van der Waals surface area (Å²) in [5, 5.41) is 17.7. The van der Waals surface area contributed by atoms with Crippen molar-refractivity contribution in [3.05, 3.63) is 47.0 Å². The number of halogens is 3. The molecule has 2 aromatic rings. The zero-order valence-corrected chi connectivity index (χ0v) is 19.6. The SMILES string of the molecule is CCCc1c(OCCCN(C)c2ccc(C(=O)OC)c(OC)c2)ccc(C(=N)C(F)(F)F)c1O. The Balaban J connectivity index is 2.06. The van der Waals surface area contributed by atoms with Crippen molar-refractivity contribution >= 4 is 17.4 Å². The molecule has 2 aromatic carbocycles. The Bertz CT molecular complexity index is 1020. The maximum absolute atomic E-state index is 12.9. The van der Waals surface area contributed by atoms with Crippen LogP contribution in [0.4, 0.5) is 18.9 Å². The summed E-state index contributed by atoms with van der Waals surface area (Å²) < 4.78 is 54.5. The van der Waals surface area contributed by atoms with Crippen molar-refractivity contribution in [2.45, 2.75) is 32.4 Å². The van der Waals surface area contributed by atoms with E-state index in [1.54, 1.807) is 18.2 Å². The van der Waals surface area contributed by atoms with E-state index in [1.165, 1.54) is 20.3 Å². The van der Waals surface area contributed by atoms with Crippen LogP contribution < -0.4 is 14.4 Å². The molecule has 0 bridgehead atoms. The van der Waals surface area contributed by atoms with Crippen LogP contribution in [0.25, 0.3) is 0 Å². The Hall–Kier alpha value is -3.43.